The van der Waals surface area contributed by atoms with Crippen LogP contribution in [0.1, 0.15) is 44.6 Å². The third-order valence-electron chi connectivity index (χ3n) is 4.86. The van der Waals surface area contributed by atoms with Gasteiger partial charge in [-0.25, -0.2) is 14.8 Å². The molecule has 1 atom stereocenters. The van der Waals surface area contributed by atoms with Gasteiger partial charge in [-0.3, -0.25) is 0 Å². The topological polar surface area (TPSA) is 79.1 Å². The van der Waals surface area contributed by atoms with Crippen LogP contribution in [0.15, 0.2) is 11.4 Å². The standard InChI is InChI=1S/C17H22N4O2S/c1-3-23-15(22)13-9-12-10-19-16(24-2)20-14(12)21(13)17(11-18)7-5-4-6-8-17/h10,13H,3-9H2,1-2H3/t13-/m1/s1. The van der Waals surface area contributed by atoms with Gasteiger partial charge in [-0.2, -0.15) is 5.26 Å². The van der Waals surface area contributed by atoms with Crippen molar-refractivity contribution in [1.29, 1.82) is 5.26 Å². The molecule has 0 radical (unpaired) electrons. The zero-order chi connectivity index (χ0) is 17.2. The normalized spacial score (nSPS) is 21.9. The zero-order valence-corrected chi connectivity index (χ0v) is 14.9. The van der Waals surface area contributed by atoms with Gasteiger partial charge in [-0.15, -0.1) is 0 Å². The summed E-state index contributed by atoms with van der Waals surface area (Å²) < 4.78 is 5.28. The Balaban J connectivity index is 2.06. The SMILES string of the molecule is CCOC(=O)[C@H]1Cc2cnc(SC)nc2N1C1(C#N)CCCCC1. The average Bonchev–Trinajstić information content (AvgIpc) is 3.01. The predicted molar refractivity (Wildman–Crippen MR) is 91.8 cm³/mol. The molecule has 7 heteroatoms. The molecule has 2 heterocycles. The van der Waals surface area contributed by atoms with Crippen LogP contribution in [0.5, 0.6) is 0 Å². The summed E-state index contributed by atoms with van der Waals surface area (Å²) in [6.07, 6.45) is 8.86. The molecule has 2 aliphatic rings. The number of anilines is 1. The van der Waals surface area contributed by atoms with Crippen molar-refractivity contribution in [3.63, 3.8) is 0 Å². The minimum atomic E-state index is -0.676. The summed E-state index contributed by atoms with van der Waals surface area (Å²) in [6.45, 7) is 2.14. The van der Waals surface area contributed by atoms with Crippen LogP contribution in [0.25, 0.3) is 0 Å². The lowest BCUT2D eigenvalue weighted by atomic mass is 9.81. The van der Waals surface area contributed by atoms with E-state index in [-0.39, 0.29) is 5.97 Å². The number of carbonyl (C=O) groups is 1. The van der Waals surface area contributed by atoms with E-state index in [0.717, 1.165) is 43.5 Å². The van der Waals surface area contributed by atoms with Crippen molar-refractivity contribution in [3.05, 3.63) is 11.8 Å². The zero-order valence-electron chi connectivity index (χ0n) is 14.1. The van der Waals surface area contributed by atoms with Crippen LogP contribution in [-0.4, -0.2) is 40.4 Å². The van der Waals surface area contributed by atoms with Crippen molar-refractivity contribution in [2.75, 3.05) is 17.8 Å². The van der Waals surface area contributed by atoms with Gasteiger partial charge in [0.2, 0.25) is 0 Å². The Morgan fingerprint density at radius 2 is 2.25 bits per heavy atom. The molecular weight excluding hydrogens is 324 g/mol. The van der Waals surface area contributed by atoms with Gasteiger partial charge in [-0.05, 0) is 26.0 Å². The van der Waals surface area contributed by atoms with Gasteiger partial charge in [-0.1, -0.05) is 31.0 Å². The Bertz CT molecular complexity index is 667. The van der Waals surface area contributed by atoms with E-state index >= 15 is 0 Å². The van der Waals surface area contributed by atoms with E-state index in [1.165, 1.54) is 11.8 Å². The van der Waals surface area contributed by atoms with Crippen LogP contribution in [-0.2, 0) is 16.0 Å². The molecule has 0 bridgehead atoms. The Morgan fingerprint density at radius 3 is 2.88 bits per heavy atom. The molecule has 3 rings (SSSR count). The molecule has 128 valence electrons. The van der Waals surface area contributed by atoms with E-state index < -0.39 is 11.6 Å². The first-order valence-corrected chi connectivity index (χ1v) is 9.65. The summed E-state index contributed by atoms with van der Waals surface area (Å²) in [6, 6.07) is 2.03. The van der Waals surface area contributed by atoms with Crippen LogP contribution >= 0.6 is 11.8 Å². The number of esters is 1. The average molecular weight is 346 g/mol. The lowest BCUT2D eigenvalue weighted by molar-refractivity contribution is -0.144. The number of fused-ring (bicyclic) bond motifs is 1. The molecule has 0 spiro atoms. The highest BCUT2D eigenvalue weighted by Crippen LogP contribution is 2.43. The van der Waals surface area contributed by atoms with Crippen molar-refractivity contribution < 1.29 is 9.53 Å². The summed E-state index contributed by atoms with van der Waals surface area (Å²) >= 11 is 1.46. The van der Waals surface area contributed by atoms with Gasteiger partial charge < -0.3 is 9.64 Å². The van der Waals surface area contributed by atoms with Crippen LogP contribution in [0.4, 0.5) is 5.82 Å². The first-order valence-electron chi connectivity index (χ1n) is 8.42. The Kier molecular flexibility index (Phi) is 4.95. The molecule has 1 fully saturated rings. The lowest BCUT2D eigenvalue weighted by Gasteiger charge is -2.42. The third-order valence-corrected chi connectivity index (χ3v) is 5.43. The number of aromatic nitrogens is 2. The number of rotatable bonds is 4. The smallest absolute Gasteiger partial charge is 0.329 e. The number of hydrogen-bond donors (Lipinski definition) is 0. The molecular formula is C17H22N4O2S. The number of ether oxygens (including phenoxy) is 1. The Labute approximate surface area is 146 Å². The van der Waals surface area contributed by atoms with E-state index in [4.69, 9.17) is 4.74 Å². The van der Waals surface area contributed by atoms with Crippen molar-refractivity contribution in [2.24, 2.45) is 0 Å². The van der Waals surface area contributed by atoms with E-state index in [2.05, 4.69) is 16.0 Å². The predicted octanol–water partition coefficient (Wildman–Crippen LogP) is 2.72. The second-order valence-electron chi connectivity index (χ2n) is 6.25. The minimum Gasteiger partial charge on any atom is -0.464 e. The second kappa shape index (κ2) is 6.98. The van der Waals surface area contributed by atoms with E-state index in [0.29, 0.717) is 18.2 Å². The highest BCUT2D eigenvalue weighted by atomic mass is 32.2. The summed E-state index contributed by atoms with van der Waals surface area (Å²) in [4.78, 5) is 23.5. The molecule has 0 unspecified atom stereocenters. The van der Waals surface area contributed by atoms with Crippen molar-refractivity contribution in [1.82, 2.24) is 9.97 Å². The van der Waals surface area contributed by atoms with Crippen LogP contribution < -0.4 is 4.90 Å². The van der Waals surface area contributed by atoms with Gasteiger partial charge in [0.15, 0.2) is 5.16 Å². The maximum absolute atomic E-state index is 12.6. The van der Waals surface area contributed by atoms with Crippen LogP contribution in [0.3, 0.4) is 0 Å². The van der Waals surface area contributed by atoms with E-state index in [1.807, 2.05) is 11.2 Å². The fraction of sp³-hybridized carbons (Fsp3) is 0.647. The summed E-state index contributed by atoms with van der Waals surface area (Å²) in [5, 5.41) is 10.7. The number of nitrogens with zero attached hydrogens (tertiary/aromatic N) is 4. The first kappa shape index (κ1) is 17.0. The van der Waals surface area contributed by atoms with Gasteiger partial charge in [0.05, 0.1) is 12.7 Å². The van der Waals surface area contributed by atoms with E-state index in [9.17, 15) is 10.1 Å². The van der Waals surface area contributed by atoms with Crippen LogP contribution in [0, 0.1) is 11.3 Å². The highest BCUT2D eigenvalue weighted by molar-refractivity contribution is 7.98. The largest absolute Gasteiger partial charge is 0.464 e. The Morgan fingerprint density at radius 1 is 1.50 bits per heavy atom. The molecule has 0 amide bonds. The first-order chi connectivity index (χ1) is 11.6. The molecule has 0 aromatic carbocycles. The van der Waals surface area contributed by atoms with Gasteiger partial charge in [0.25, 0.3) is 0 Å². The summed E-state index contributed by atoms with van der Waals surface area (Å²) in [7, 11) is 0. The maximum Gasteiger partial charge on any atom is 0.329 e. The van der Waals surface area contributed by atoms with Gasteiger partial charge >= 0.3 is 5.97 Å². The number of nitriles is 1. The number of hydrogen-bond acceptors (Lipinski definition) is 7. The monoisotopic (exact) mass is 346 g/mol. The molecule has 1 saturated carbocycles. The molecule has 0 N–H and O–H groups in total. The molecule has 1 aromatic rings. The molecule has 6 nitrogen and oxygen atoms in total. The molecule has 1 aliphatic heterocycles. The van der Waals surface area contributed by atoms with Crippen molar-refractivity contribution in [2.45, 2.75) is 62.2 Å². The molecule has 0 saturated heterocycles. The second-order valence-corrected chi connectivity index (χ2v) is 7.02. The highest BCUT2D eigenvalue weighted by Gasteiger charge is 2.49. The summed E-state index contributed by atoms with van der Waals surface area (Å²) in [5.41, 5.74) is 0.247. The number of carbonyl (C=O) groups excluding carboxylic acids is 1. The van der Waals surface area contributed by atoms with Crippen molar-refractivity contribution in [3.8, 4) is 6.07 Å². The number of thioether (sulfide) groups is 1. The van der Waals surface area contributed by atoms with Crippen molar-refractivity contribution >= 4 is 23.5 Å². The minimum absolute atomic E-state index is 0.276. The summed E-state index contributed by atoms with van der Waals surface area (Å²) in [5.74, 6) is 0.456. The quantitative estimate of drug-likeness (QED) is 0.471. The van der Waals surface area contributed by atoms with Gasteiger partial charge in [0.1, 0.15) is 17.4 Å². The molecule has 1 aliphatic carbocycles. The van der Waals surface area contributed by atoms with Gasteiger partial charge in [0, 0.05) is 18.2 Å². The Hall–Kier alpha value is -1.81. The van der Waals surface area contributed by atoms with E-state index in [1.54, 1.807) is 13.1 Å². The maximum atomic E-state index is 12.6. The fourth-order valence-corrected chi connectivity index (χ4v) is 4.09. The third kappa shape index (κ3) is 2.84. The molecule has 24 heavy (non-hydrogen) atoms. The van der Waals surface area contributed by atoms with Crippen LogP contribution in [0.2, 0.25) is 0 Å². The lowest BCUT2D eigenvalue weighted by Crippen LogP contribution is -2.55. The molecule has 1 aromatic heterocycles. The fourth-order valence-electron chi connectivity index (χ4n) is 3.75.